The molecule has 0 amide bonds. The van der Waals surface area contributed by atoms with E-state index in [2.05, 4.69) is 50.8 Å². The Balaban J connectivity index is 1.68. The summed E-state index contributed by atoms with van der Waals surface area (Å²) in [5.74, 6) is 0. The van der Waals surface area contributed by atoms with E-state index in [1.54, 1.807) is 0 Å². The standard InChI is InChI=1S/C14H19BrN2/c15-13-6-1-2-7-14(13)17-12-8-10-4-3-5-11(9-12)16-10/h1-2,6-7,10-12,16-17H,3-5,8-9H2/t10-,11?,12?/m1/s1. The van der Waals surface area contributed by atoms with Crippen LogP contribution in [0.15, 0.2) is 28.7 Å². The van der Waals surface area contributed by atoms with Gasteiger partial charge in [-0.2, -0.15) is 0 Å². The predicted molar refractivity (Wildman–Crippen MR) is 75.3 cm³/mol. The molecule has 0 radical (unpaired) electrons. The number of halogens is 1. The summed E-state index contributed by atoms with van der Waals surface area (Å²) >= 11 is 3.61. The van der Waals surface area contributed by atoms with E-state index in [9.17, 15) is 0 Å². The zero-order valence-corrected chi connectivity index (χ0v) is 11.5. The summed E-state index contributed by atoms with van der Waals surface area (Å²) in [7, 11) is 0. The normalized spacial score (nSPS) is 32.2. The minimum atomic E-state index is 0.630. The summed E-state index contributed by atoms with van der Waals surface area (Å²) in [6.45, 7) is 0. The highest BCUT2D eigenvalue weighted by molar-refractivity contribution is 9.10. The van der Waals surface area contributed by atoms with Gasteiger partial charge in [0, 0.05) is 28.3 Å². The summed E-state index contributed by atoms with van der Waals surface area (Å²) in [5.41, 5.74) is 1.23. The van der Waals surface area contributed by atoms with Crippen LogP contribution in [0.1, 0.15) is 32.1 Å². The summed E-state index contributed by atoms with van der Waals surface area (Å²) < 4.78 is 1.17. The number of nitrogens with one attached hydrogen (secondary N) is 2. The van der Waals surface area contributed by atoms with Crippen molar-refractivity contribution in [2.45, 2.75) is 50.2 Å². The number of benzene rings is 1. The van der Waals surface area contributed by atoms with Gasteiger partial charge in [0.05, 0.1) is 0 Å². The van der Waals surface area contributed by atoms with Gasteiger partial charge in [-0.05, 0) is 53.7 Å². The maximum absolute atomic E-state index is 3.73. The molecule has 2 unspecified atom stereocenters. The van der Waals surface area contributed by atoms with Crippen molar-refractivity contribution in [3.8, 4) is 0 Å². The smallest absolute Gasteiger partial charge is 0.0486 e. The highest BCUT2D eigenvalue weighted by Crippen LogP contribution is 2.29. The highest BCUT2D eigenvalue weighted by Gasteiger charge is 2.31. The quantitative estimate of drug-likeness (QED) is 0.872. The van der Waals surface area contributed by atoms with Gasteiger partial charge in [0.25, 0.3) is 0 Å². The Kier molecular flexibility index (Phi) is 3.39. The molecule has 2 aliphatic rings. The zero-order chi connectivity index (χ0) is 11.7. The van der Waals surface area contributed by atoms with Gasteiger partial charge in [0.15, 0.2) is 0 Å². The monoisotopic (exact) mass is 294 g/mol. The lowest BCUT2D eigenvalue weighted by molar-refractivity contribution is 0.230. The molecule has 0 aliphatic carbocycles. The molecule has 2 aliphatic heterocycles. The van der Waals surface area contributed by atoms with Crippen LogP contribution in [0.4, 0.5) is 5.69 Å². The van der Waals surface area contributed by atoms with Crippen molar-refractivity contribution >= 4 is 21.6 Å². The van der Waals surface area contributed by atoms with Crippen molar-refractivity contribution in [1.29, 1.82) is 0 Å². The number of hydrogen-bond donors (Lipinski definition) is 2. The van der Waals surface area contributed by atoms with Crippen molar-refractivity contribution in [3.05, 3.63) is 28.7 Å². The molecular weight excluding hydrogens is 276 g/mol. The van der Waals surface area contributed by atoms with Crippen molar-refractivity contribution < 1.29 is 0 Å². The number of para-hydroxylation sites is 1. The van der Waals surface area contributed by atoms with Crippen LogP contribution < -0.4 is 10.6 Å². The Bertz CT molecular complexity index is 382. The Hall–Kier alpha value is -0.540. The van der Waals surface area contributed by atoms with Crippen LogP contribution in [0, 0.1) is 0 Å². The number of anilines is 1. The summed E-state index contributed by atoms with van der Waals surface area (Å²) in [6.07, 6.45) is 6.63. The molecule has 17 heavy (non-hydrogen) atoms. The van der Waals surface area contributed by atoms with E-state index in [-0.39, 0.29) is 0 Å². The lowest BCUT2D eigenvalue weighted by Gasteiger charge is -2.41. The molecule has 2 nitrogen and oxygen atoms in total. The fourth-order valence-electron chi connectivity index (χ4n) is 3.18. The molecule has 2 heterocycles. The van der Waals surface area contributed by atoms with E-state index < -0.39 is 0 Å². The SMILES string of the molecule is Brc1ccccc1NC1CC2CCC[C@H](C1)N2. The first-order valence-electron chi connectivity index (χ1n) is 6.58. The fourth-order valence-corrected chi connectivity index (χ4v) is 3.58. The van der Waals surface area contributed by atoms with Crippen LogP contribution in [0.5, 0.6) is 0 Å². The maximum atomic E-state index is 3.73. The molecule has 2 fully saturated rings. The molecule has 2 saturated heterocycles. The first-order chi connectivity index (χ1) is 8.31. The topological polar surface area (TPSA) is 24.1 Å². The lowest BCUT2D eigenvalue weighted by Crippen LogP contribution is -2.52. The number of piperidine rings is 2. The molecule has 3 heteroatoms. The Morgan fingerprint density at radius 2 is 1.82 bits per heavy atom. The second kappa shape index (κ2) is 4.99. The van der Waals surface area contributed by atoms with E-state index in [0.717, 1.165) is 12.1 Å². The number of fused-ring (bicyclic) bond motifs is 2. The lowest BCUT2D eigenvalue weighted by atomic mass is 9.84. The van der Waals surface area contributed by atoms with Gasteiger partial charge >= 0.3 is 0 Å². The van der Waals surface area contributed by atoms with Gasteiger partial charge in [0.2, 0.25) is 0 Å². The van der Waals surface area contributed by atoms with E-state index in [0.29, 0.717) is 6.04 Å². The molecular formula is C14H19BrN2. The minimum Gasteiger partial charge on any atom is -0.381 e. The number of rotatable bonds is 2. The van der Waals surface area contributed by atoms with Crippen molar-refractivity contribution in [2.24, 2.45) is 0 Å². The predicted octanol–water partition coefficient (Wildman–Crippen LogP) is 3.53. The van der Waals surface area contributed by atoms with Gasteiger partial charge in [-0.15, -0.1) is 0 Å². The van der Waals surface area contributed by atoms with Crippen LogP contribution in [-0.2, 0) is 0 Å². The molecule has 1 aromatic carbocycles. The van der Waals surface area contributed by atoms with E-state index >= 15 is 0 Å². The van der Waals surface area contributed by atoms with Crippen LogP contribution in [0.25, 0.3) is 0 Å². The van der Waals surface area contributed by atoms with Gasteiger partial charge in [-0.25, -0.2) is 0 Å². The first-order valence-corrected chi connectivity index (χ1v) is 7.37. The van der Waals surface area contributed by atoms with E-state index in [4.69, 9.17) is 0 Å². The third-order valence-electron chi connectivity index (χ3n) is 3.95. The third-order valence-corrected chi connectivity index (χ3v) is 4.64. The molecule has 0 spiro atoms. The molecule has 92 valence electrons. The molecule has 0 aromatic heterocycles. The molecule has 3 rings (SSSR count). The highest BCUT2D eigenvalue weighted by atomic mass is 79.9. The Morgan fingerprint density at radius 3 is 2.53 bits per heavy atom. The average molecular weight is 295 g/mol. The van der Waals surface area contributed by atoms with Gasteiger partial charge < -0.3 is 10.6 Å². The van der Waals surface area contributed by atoms with Gasteiger partial charge in [-0.3, -0.25) is 0 Å². The van der Waals surface area contributed by atoms with Crippen molar-refractivity contribution in [3.63, 3.8) is 0 Å². The van der Waals surface area contributed by atoms with Gasteiger partial charge in [-0.1, -0.05) is 18.6 Å². The van der Waals surface area contributed by atoms with Crippen LogP contribution in [0.2, 0.25) is 0 Å². The molecule has 3 atom stereocenters. The first kappa shape index (κ1) is 11.5. The molecule has 0 saturated carbocycles. The Morgan fingerprint density at radius 1 is 1.12 bits per heavy atom. The largest absolute Gasteiger partial charge is 0.381 e. The maximum Gasteiger partial charge on any atom is 0.0486 e. The molecule has 1 aromatic rings. The van der Waals surface area contributed by atoms with E-state index in [1.807, 2.05) is 0 Å². The second-order valence-electron chi connectivity index (χ2n) is 5.28. The summed E-state index contributed by atoms with van der Waals surface area (Å²) in [4.78, 5) is 0. The van der Waals surface area contributed by atoms with Crippen LogP contribution >= 0.6 is 15.9 Å². The second-order valence-corrected chi connectivity index (χ2v) is 6.14. The average Bonchev–Trinajstić information content (AvgIpc) is 2.32. The summed E-state index contributed by atoms with van der Waals surface area (Å²) in [5, 5.41) is 7.42. The fraction of sp³-hybridized carbons (Fsp3) is 0.571. The number of hydrogen-bond acceptors (Lipinski definition) is 2. The van der Waals surface area contributed by atoms with Crippen molar-refractivity contribution in [1.82, 2.24) is 5.32 Å². The van der Waals surface area contributed by atoms with Gasteiger partial charge in [0.1, 0.15) is 0 Å². The summed E-state index contributed by atoms with van der Waals surface area (Å²) in [6, 6.07) is 10.5. The third kappa shape index (κ3) is 2.66. The zero-order valence-electron chi connectivity index (χ0n) is 9.95. The molecule has 2 N–H and O–H groups in total. The van der Waals surface area contributed by atoms with Crippen molar-refractivity contribution in [2.75, 3.05) is 5.32 Å². The van der Waals surface area contributed by atoms with E-state index in [1.165, 1.54) is 42.3 Å². The van der Waals surface area contributed by atoms with Crippen LogP contribution in [0.3, 0.4) is 0 Å². The van der Waals surface area contributed by atoms with Crippen LogP contribution in [-0.4, -0.2) is 18.1 Å². The Labute approximate surface area is 111 Å². The molecule has 2 bridgehead atoms. The minimum absolute atomic E-state index is 0.630.